The van der Waals surface area contributed by atoms with Crippen molar-refractivity contribution in [2.75, 3.05) is 17.6 Å². The van der Waals surface area contributed by atoms with E-state index in [1.807, 2.05) is 32.0 Å². The highest BCUT2D eigenvalue weighted by atomic mass is 32.2. The largest absolute Gasteiger partial charge is 0.330 e. The van der Waals surface area contributed by atoms with E-state index >= 15 is 0 Å². The Balaban J connectivity index is 1.83. The van der Waals surface area contributed by atoms with Crippen LogP contribution in [-0.2, 0) is 9.59 Å². The van der Waals surface area contributed by atoms with Gasteiger partial charge in [-0.25, -0.2) is 10.9 Å². The summed E-state index contributed by atoms with van der Waals surface area (Å²) < 4.78 is 0. The molecule has 2 amide bonds. The van der Waals surface area contributed by atoms with Gasteiger partial charge in [0.15, 0.2) is 0 Å². The quantitative estimate of drug-likeness (QED) is 0.649. The molecule has 1 aromatic rings. The number of hydrogen-bond donors (Lipinski definition) is 4. The summed E-state index contributed by atoms with van der Waals surface area (Å²) in [4.78, 5) is 23.1. The van der Waals surface area contributed by atoms with Gasteiger partial charge in [0.25, 0.3) is 0 Å². The Hall–Kier alpha value is -1.57. The van der Waals surface area contributed by atoms with E-state index < -0.39 is 0 Å². The molecule has 1 atom stereocenters. The highest BCUT2D eigenvalue weighted by molar-refractivity contribution is 8.00. The average Bonchev–Trinajstić information content (AvgIpc) is 2.41. The first-order valence-electron chi connectivity index (χ1n) is 6.31. The Morgan fingerprint density at radius 1 is 1.45 bits per heavy atom. The fraction of sp³-hybridized carbons (Fsp3) is 0.385. The normalized spacial score (nSPS) is 18.5. The van der Waals surface area contributed by atoms with Crippen LogP contribution in [0.15, 0.2) is 18.2 Å². The monoisotopic (exact) mass is 294 g/mol. The van der Waals surface area contributed by atoms with Gasteiger partial charge in [-0.2, -0.15) is 0 Å². The van der Waals surface area contributed by atoms with Crippen LogP contribution in [0.5, 0.6) is 0 Å². The third kappa shape index (κ3) is 4.22. The maximum absolute atomic E-state index is 11.9. The number of aryl methyl sites for hydroxylation is 2. The summed E-state index contributed by atoms with van der Waals surface area (Å²) in [5.74, 6) is 0.0778. The Morgan fingerprint density at radius 2 is 2.25 bits per heavy atom. The number of rotatable bonds is 4. The Morgan fingerprint density at radius 3 is 3.00 bits per heavy atom. The highest BCUT2D eigenvalue weighted by Crippen LogP contribution is 2.17. The Kier molecular flexibility index (Phi) is 4.99. The number of thioether (sulfide) groups is 1. The molecule has 0 spiro atoms. The van der Waals surface area contributed by atoms with Crippen molar-refractivity contribution in [2.45, 2.75) is 19.3 Å². The summed E-state index contributed by atoms with van der Waals surface area (Å²) in [6.45, 7) is 4.18. The number of benzene rings is 1. The van der Waals surface area contributed by atoms with E-state index in [0.717, 1.165) is 16.8 Å². The lowest BCUT2D eigenvalue weighted by Crippen LogP contribution is -2.58. The second kappa shape index (κ2) is 6.74. The number of amides is 2. The highest BCUT2D eigenvalue weighted by Gasteiger charge is 2.18. The summed E-state index contributed by atoms with van der Waals surface area (Å²) in [5, 5.41) is 5.61. The molecule has 0 radical (unpaired) electrons. The number of carbonyl (C=O) groups excluding carboxylic acids is 2. The molecule has 108 valence electrons. The molecule has 6 nitrogen and oxygen atoms in total. The van der Waals surface area contributed by atoms with Crippen LogP contribution in [0.25, 0.3) is 0 Å². The summed E-state index contributed by atoms with van der Waals surface area (Å²) in [6, 6.07) is 5.93. The van der Waals surface area contributed by atoms with Crippen molar-refractivity contribution < 1.29 is 9.59 Å². The van der Waals surface area contributed by atoms with Crippen molar-refractivity contribution >= 4 is 29.3 Å². The fourth-order valence-electron chi connectivity index (χ4n) is 1.76. The third-order valence-electron chi connectivity index (χ3n) is 2.82. The summed E-state index contributed by atoms with van der Waals surface area (Å²) in [6.07, 6.45) is 0. The zero-order chi connectivity index (χ0) is 14.5. The van der Waals surface area contributed by atoms with Crippen molar-refractivity contribution in [3.05, 3.63) is 29.3 Å². The molecule has 7 heteroatoms. The van der Waals surface area contributed by atoms with Crippen LogP contribution >= 0.6 is 11.8 Å². The molecule has 0 bridgehead atoms. The lowest BCUT2D eigenvalue weighted by Gasteiger charge is -2.24. The van der Waals surface area contributed by atoms with Gasteiger partial charge in [0.1, 0.15) is 5.50 Å². The van der Waals surface area contributed by atoms with Crippen LogP contribution in [0, 0.1) is 13.8 Å². The zero-order valence-corrected chi connectivity index (χ0v) is 12.3. The molecule has 1 aliphatic rings. The third-order valence-corrected chi connectivity index (χ3v) is 3.82. The molecule has 1 aromatic carbocycles. The molecule has 2 rings (SSSR count). The molecule has 0 aromatic heterocycles. The second-order valence-electron chi connectivity index (χ2n) is 4.62. The molecule has 1 unspecified atom stereocenters. The first kappa shape index (κ1) is 14.8. The average molecular weight is 294 g/mol. The van der Waals surface area contributed by atoms with Gasteiger partial charge in [0, 0.05) is 5.69 Å². The van der Waals surface area contributed by atoms with Crippen molar-refractivity contribution in [3.63, 3.8) is 0 Å². The molecule has 1 fully saturated rings. The zero-order valence-electron chi connectivity index (χ0n) is 11.4. The van der Waals surface area contributed by atoms with Gasteiger partial charge in [-0.3, -0.25) is 9.59 Å². The van der Waals surface area contributed by atoms with Crippen molar-refractivity contribution in [2.24, 2.45) is 0 Å². The number of hydrazine groups is 1. The first-order valence-corrected chi connectivity index (χ1v) is 7.36. The van der Waals surface area contributed by atoms with E-state index in [1.54, 1.807) is 0 Å². The van der Waals surface area contributed by atoms with E-state index in [0.29, 0.717) is 0 Å². The minimum atomic E-state index is -0.291. The number of anilines is 1. The maximum Gasteiger partial charge on any atom is 0.237 e. The predicted octanol–water partition coefficient (Wildman–Crippen LogP) is 0.483. The van der Waals surface area contributed by atoms with Crippen LogP contribution in [0.1, 0.15) is 11.1 Å². The van der Waals surface area contributed by atoms with Gasteiger partial charge in [0.05, 0.1) is 12.3 Å². The van der Waals surface area contributed by atoms with Crippen molar-refractivity contribution in [3.8, 4) is 0 Å². The molecule has 0 aliphatic carbocycles. The Labute approximate surface area is 122 Å². The molecule has 1 heterocycles. The topological polar surface area (TPSA) is 82.3 Å². The minimum Gasteiger partial charge on any atom is -0.330 e. The number of hydrogen-bond acceptors (Lipinski definition) is 5. The van der Waals surface area contributed by atoms with Crippen LogP contribution in [-0.4, -0.2) is 29.6 Å². The second-order valence-corrected chi connectivity index (χ2v) is 5.72. The van der Waals surface area contributed by atoms with Gasteiger partial charge in [-0.05, 0) is 31.0 Å². The van der Waals surface area contributed by atoms with E-state index in [4.69, 9.17) is 0 Å². The van der Waals surface area contributed by atoms with E-state index in [1.165, 1.54) is 11.8 Å². The van der Waals surface area contributed by atoms with Crippen molar-refractivity contribution in [1.82, 2.24) is 16.2 Å². The van der Waals surface area contributed by atoms with Crippen LogP contribution in [0.3, 0.4) is 0 Å². The van der Waals surface area contributed by atoms with E-state index in [-0.39, 0.29) is 29.6 Å². The SMILES string of the molecule is Cc1ccc(C)c(NC(=O)CSC2NNCC(=O)N2)c1. The molecule has 1 aliphatic heterocycles. The van der Waals surface area contributed by atoms with Crippen LogP contribution < -0.4 is 21.5 Å². The first-order chi connectivity index (χ1) is 9.54. The molecule has 0 saturated carbocycles. The molecule has 1 saturated heterocycles. The molecule has 4 N–H and O–H groups in total. The van der Waals surface area contributed by atoms with Crippen LogP contribution in [0.2, 0.25) is 0 Å². The lowest BCUT2D eigenvalue weighted by molar-refractivity contribution is -0.122. The maximum atomic E-state index is 11.9. The summed E-state index contributed by atoms with van der Waals surface area (Å²) in [7, 11) is 0. The van der Waals surface area contributed by atoms with Crippen LogP contribution in [0.4, 0.5) is 5.69 Å². The number of carbonyl (C=O) groups is 2. The summed E-state index contributed by atoms with van der Waals surface area (Å²) in [5.41, 5.74) is 8.32. The van der Waals surface area contributed by atoms with Gasteiger partial charge in [-0.15, -0.1) is 11.8 Å². The fourth-order valence-corrected chi connectivity index (χ4v) is 2.53. The smallest absolute Gasteiger partial charge is 0.237 e. The summed E-state index contributed by atoms with van der Waals surface area (Å²) >= 11 is 1.32. The Bertz CT molecular complexity index is 521. The predicted molar refractivity (Wildman–Crippen MR) is 80.1 cm³/mol. The van der Waals surface area contributed by atoms with Gasteiger partial charge in [-0.1, -0.05) is 12.1 Å². The standard InChI is InChI=1S/C13H18N4O2S/c1-8-3-4-9(2)10(5-8)15-12(19)7-20-13-16-11(18)6-14-17-13/h3-5,13-14,17H,6-7H2,1-2H3,(H,15,19)(H,16,18). The van der Waals surface area contributed by atoms with Gasteiger partial charge in [0.2, 0.25) is 11.8 Å². The minimum absolute atomic E-state index is 0.0869. The van der Waals surface area contributed by atoms with E-state index in [9.17, 15) is 9.59 Å². The van der Waals surface area contributed by atoms with Gasteiger partial charge < -0.3 is 10.6 Å². The van der Waals surface area contributed by atoms with E-state index in [2.05, 4.69) is 21.5 Å². The molecular weight excluding hydrogens is 276 g/mol. The molecule has 20 heavy (non-hydrogen) atoms. The number of nitrogens with one attached hydrogen (secondary N) is 4. The van der Waals surface area contributed by atoms with Gasteiger partial charge >= 0.3 is 0 Å². The lowest BCUT2D eigenvalue weighted by atomic mass is 10.1. The van der Waals surface area contributed by atoms with Crippen molar-refractivity contribution in [1.29, 1.82) is 0 Å². The molecular formula is C13H18N4O2S.